The highest BCUT2D eigenvalue weighted by Gasteiger charge is 2.14. The number of benzene rings is 1. The fourth-order valence-electron chi connectivity index (χ4n) is 1.29. The molecule has 0 spiro atoms. The van der Waals surface area contributed by atoms with E-state index < -0.39 is 5.82 Å². The van der Waals surface area contributed by atoms with Crippen molar-refractivity contribution in [3.63, 3.8) is 0 Å². The van der Waals surface area contributed by atoms with Gasteiger partial charge in [-0.25, -0.2) is 9.07 Å². The minimum absolute atomic E-state index is 0.0187. The Bertz CT molecular complexity index is 525. The van der Waals surface area contributed by atoms with Crippen LogP contribution in [0.3, 0.4) is 0 Å². The average molecular weight is 223 g/mol. The van der Waals surface area contributed by atoms with E-state index in [0.29, 0.717) is 5.75 Å². The van der Waals surface area contributed by atoms with Gasteiger partial charge in [-0.1, -0.05) is 0 Å². The van der Waals surface area contributed by atoms with Crippen LogP contribution >= 0.6 is 0 Å². The first-order chi connectivity index (χ1) is 7.63. The number of halogens is 1. The second kappa shape index (κ2) is 3.69. The Hall–Kier alpha value is -2.31. The minimum Gasteiger partial charge on any atom is -0.497 e. The molecule has 0 unspecified atom stereocenters. The summed E-state index contributed by atoms with van der Waals surface area (Å²) in [5, 5.41) is 7.23. The van der Waals surface area contributed by atoms with Crippen LogP contribution in [0.4, 0.5) is 10.3 Å². The maximum atomic E-state index is 13.7. The zero-order valence-corrected chi connectivity index (χ0v) is 8.51. The van der Waals surface area contributed by atoms with Crippen molar-refractivity contribution in [1.29, 1.82) is 0 Å². The van der Waals surface area contributed by atoms with E-state index in [2.05, 4.69) is 10.2 Å². The van der Waals surface area contributed by atoms with Gasteiger partial charge in [0.15, 0.2) is 5.82 Å². The van der Waals surface area contributed by atoms with Crippen molar-refractivity contribution in [2.24, 2.45) is 0 Å². The standard InChI is InChI=1S/C9H10FN5O/c1-16-5-2-3-6(7(10)4-5)8-13-14-9(11)15(8)12/h2-4H,12H2,1H3,(H2,11,14). The number of hydrogen-bond donors (Lipinski definition) is 2. The van der Waals surface area contributed by atoms with Crippen molar-refractivity contribution in [1.82, 2.24) is 14.9 Å². The predicted octanol–water partition coefficient (Wildman–Crippen LogP) is 0.389. The van der Waals surface area contributed by atoms with Crippen LogP contribution in [-0.4, -0.2) is 22.0 Å². The number of methoxy groups -OCH3 is 1. The predicted molar refractivity (Wildman–Crippen MR) is 56.5 cm³/mol. The third-order valence-electron chi connectivity index (χ3n) is 2.14. The average Bonchev–Trinajstić information content (AvgIpc) is 2.60. The van der Waals surface area contributed by atoms with Crippen molar-refractivity contribution < 1.29 is 9.13 Å². The Balaban J connectivity index is 2.52. The van der Waals surface area contributed by atoms with E-state index in [9.17, 15) is 4.39 Å². The van der Waals surface area contributed by atoms with Gasteiger partial charge in [-0.3, -0.25) is 0 Å². The van der Waals surface area contributed by atoms with Gasteiger partial charge in [-0.2, -0.15) is 0 Å². The lowest BCUT2D eigenvalue weighted by molar-refractivity contribution is 0.411. The number of hydrogen-bond acceptors (Lipinski definition) is 5. The Morgan fingerprint density at radius 2 is 2.12 bits per heavy atom. The highest BCUT2D eigenvalue weighted by molar-refractivity contribution is 5.59. The lowest BCUT2D eigenvalue weighted by atomic mass is 10.2. The maximum absolute atomic E-state index is 13.7. The molecule has 0 fully saturated rings. The molecule has 2 rings (SSSR count). The van der Waals surface area contributed by atoms with Crippen molar-refractivity contribution in [2.75, 3.05) is 18.7 Å². The Kier molecular flexibility index (Phi) is 2.35. The third-order valence-corrected chi connectivity index (χ3v) is 2.14. The molecule has 1 aromatic heterocycles. The molecule has 2 aromatic rings. The van der Waals surface area contributed by atoms with Gasteiger partial charge in [0.2, 0.25) is 5.95 Å². The van der Waals surface area contributed by atoms with Gasteiger partial charge < -0.3 is 16.3 Å². The van der Waals surface area contributed by atoms with Gasteiger partial charge >= 0.3 is 0 Å². The van der Waals surface area contributed by atoms with Gasteiger partial charge in [0.05, 0.1) is 12.7 Å². The van der Waals surface area contributed by atoms with E-state index in [1.807, 2.05) is 0 Å². The highest BCUT2D eigenvalue weighted by atomic mass is 19.1. The van der Waals surface area contributed by atoms with Gasteiger partial charge in [-0.05, 0) is 12.1 Å². The lowest BCUT2D eigenvalue weighted by Crippen LogP contribution is -2.13. The molecule has 0 atom stereocenters. The molecule has 1 aromatic carbocycles. The molecule has 0 radical (unpaired) electrons. The quantitative estimate of drug-likeness (QED) is 0.718. The van der Waals surface area contributed by atoms with E-state index in [1.54, 1.807) is 6.07 Å². The monoisotopic (exact) mass is 223 g/mol. The van der Waals surface area contributed by atoms with Crippen molar-refractivity contribution in [2.45, 2.75) is 0 Å². The number of nitrogens with two attached hydrogens (primary N) is 2. The summed E-state index contributed by atoms with van der Waals surface area (Å²) >= 11 is 0. The summed E-state index contributed by atoms with van der Waals surface area (Å²) in [6.07, 6.45) is 0. The Labute approximate surface area is 90.6 Å². The molecule has 4 N–H and O–H groups in total. The van der Waals surface area contributed by atoms with E-state index in [-0.39, 0.29) is 17.3 Å². The summed E-state index contributed by atoms with van der Waals surface area (Å²) < 4.78 is 19.6. The molecule has 0 aliphatic rings. The zero-order valence-electron chi connectivity index (χ0n) is 8.51. The normalized spacial score (nSPS) is 10.4. The fraction of sp³-hybridized carbons (Fsp3) is 0.111. The van der Waals surface area contributed by atoms with Crippen molar-refractivity contribution >= 4 is 5.95 Å². The largest absolute Gasteiger partial charge is 0.497 e. The first kappa shape index (κ1) is 10.2. The van der Waals surface area contributed by atoms with Gasteiger partial charge in [0, 0.05) is 6.07 Å². The number of rotatable bonds is 2. The molecule has 84 valence electrons. The van der Waals surface area contributed by atoms with Crippen molar-refractivity contribution in [3.05, 3.63) is 24.0 Å². The molecule has 0 amide bonds. The molecule has 0 bridgehead atoms. The van der Waals surface area contributed by atoms with Gasteiger partial charge in [0.25, 0.3) is 0 Å². The number of anilines is 1. The summed E-state index contributed by atoms with van der Waals surface area (Å²) in [6, 6.07) is 4.34. The van der Waals surface area contributed by atoms with Crippen LogP contribution in [0.5, 0.6) is 5.75 Å². The van der Waals surface area contributed by atoms with E-state index in [4.69, 9.17) is 16.3 Å². The molecule has 1 heterocycles. The summed E-state index contributed by atoms with van der Waals surface area (Å²) in [7, 11) is 1.46. The van der Waals surface area contributed by atoms with Crippen molar-refractivity contribution in [3.8, 4) is 17.1 Å². The molecule has 0 aliphatic carbocycles. The zero-order chi connectivity index (χ0) is 11.7. The molecule has 0 aliphatic heterocycles. The van der Waals surface area contributed by atoms with E-state index >= 15 is 0 Å². The third kappa shape index (κ3) is 1.52. The van der Waals surface area contributed by atoms with Gasteiger partial charge in [0.1, 0.15) is 11.6 Å². The molecule has 6 nitrogen and oxygen atoms in total. The highest BCUT2D eigenvalue weighted by Crippen LogP contribution is 2.24. The van der Waals surface area contributed by atoms with Gasteiger partial charge in [-0.15, -0.1) is 10.2 Å². The van der Waals surface area contributed by atoms with Crippen LogP contribution in [0.1, 0.15) is 0 Å². The van der Waals surface area contributed by atoms with E-state index in [0.717, 1.165) is 4.68 Å². The van der Waals surface area contributed by atoms with E-state index in [1.165, 1.54) is 19.2 Å². The molecule has 0 saturated heterocycles. The molecule has 16 heavy (non-hydrogen) atoms. The molecular weight excluding hydrogens is 213 g/mol. The number of nitrogen functional groups attached to an aromatic ring is 2. The molecular formula is C9H10FN5O. The number of ether oxygens (including phenoxy) is 1. The number of nitrogens with zero attached hydrogens (tertiary/aromatic N) is 3. The summed E-state index contributed by atoms with van der Waals surface area (Å²) in [6.45, 7) is 0. The lowest BCUT2D eigenvalue weighted by Gasteiger charge is -2.04. The summed E-state index contributed by atoms with van der Waals surface area (Å²) in [5.41, 5.74) is 5.62. The first-order valence-corrected chi connectivity index (χ1v) is 4.43. The Morgan fingerprint density at radius 1 is 1.38 bits per heavy atom. The molecule has 0 saturated carbocycles. The second-order valence-corrected chi connectivity index (χ2v) is 3.10. The fourth-order valence-corrected chi connectivity index (χ4v) is 1.29. The number of aromatic nitrogens is 3. The first-order valence-electron chi connectivity index (χ1n) is 4.43. The second-order valence-electron chi connectivity index (χ2n) is 3.10. The summed E-state index contributed by atoms with van der Waals surface area (Å²) in [5.74, 6) is 5.64. The smallest absolute Gasteiger partial charge is 0.241 e. The maximum Gasteiger partial charge on any atom is 0.241 e. The van der Waals surface area contributed by atoms with Crippen LogP contribution < -0.4 is 16.3 Å². The molecule has 7 heteroatoms. The van der Waals surface area contributed by atoms with Crippen LogP contribution in [0.15, 0.2) is 18.2 Å². The van der Waals surface area contributed by atoms with Crippen LogP contribution in [0, 0.1) is 5.82 Å². The minimum atomic E-state index is -0.501. The Morgan fingerprint density at radius 3 is 2.62 bits per heavy atom. The SMILES string of the molecule is COc1ccc(-c2nnc(N)n2N)c(F)c1. The van der Waals surface area contributed by atoms with Crippen LogP contribution in [0.25, 0.3) is 11.4 Å². The van der Waals surface area contributed by atoms with Crippen LogP contribution in [0.2, 0.25) is 0 Å². The summed E-state index contributed by atoms with van der Waals surface area (Å²) in [4.78, 5) is 0. The van der Waals surface area contributed by atoms with Crippen LogP contribution in [-0.2, 0) is 0 Å². The topological polar surface area (TPSA) is 92.0 Å².